The number of rotatable bonds is 10. The Morgan fingerprint density at radius 1 is 1.13 bits per heavy atom. The molecule has 1 aromatic heterocycles. The zero-order chi connectivity index (χ0) is 22.5. The monoisotopic (exact) mass is 471 g/mol. The molecule has 0 bridgehead atoms. The highest BCUT2D eigenvalue weighted by atomic mass is 32.2. The van der Waals surface area contributed by atoms with Crippen molar-refractivity contribution in [3.8, 4) is 5.75 Å². The van der Waals surface area contributed by atoms with Crippen molar-refractivity contribution in [1.82, 2.24) is 14.0 Å². The van der Waals surface area contributed by atoms with Gasteiger partial charge in [0.05, 0.1) is 30.8 Å². The Hall–Kier alpha value is -1.17. The van der Waals surface area contributed by atoms with Gasteiger partial charge in [-0.25, -0.2) is 8.42 Å². The average Bonchev–Trinajstić information content (AvgIpc) is 2.70. The molecule has 0 amide bonds. The van der Waals surface area contributed by atoms with Gasteiger partial charge in [-0.3, -0.25) is 9.97 Å². The van der Waals surface area contributed by atoms with Crippen molar-refractivity contribution in [2.24, 2.45) is 0 Å². The zero-order valence-electron chi connectivity index (χ0n) is 18.3. The number of methoxy groups -OCH3 is 1. The van der Waals surface area contributed by atoms with Crippen LogP contribution >= 0.6 is 16.7 Å². The molecule has 2 rings (SSSR count). The summed E-state index contributed by atoms with van der Waals surface area (Å²) in [4.78, 5) is 8.66. The Bertz CT molecular complexity index is 907. The molecule has 166 valence electrons. The summed E-state index contributed by atoms with van der Waals surface area (Å²) in [6.07, 6.45) is 2.34. The molecule has 7 nitrogen and oxygen atoms in total. The van der Waals surface area contributed by atoms with Gasteiger partial charge in [-0.2, -0.15) is 4.08 Å². The van der Waals surface area contributed by atoms with E-state index < -0.39 is 29.1 Å². The van der Waals surface area contributed by atoms with Gasteiger partial charge in [0, 0.05) is 12.7 Å². The molecule has 0 N–H and O–H groups in total. The predicted molar refractivity (Wildman–Crippen MR) is 125 cm³/mol. The van der Waals surface area contributed by atoms with E-state index in [1.54, 1.807) is 26.4 Å². The van der Waals surface area contributed by atoms with E-state index >= 15 is 0 Å². The molecule has 0 aliphatic heterocycles. The third-order valence-corrected chi connectivity index (χ3v) is 10.1. The predicted octanol–water partition coefficient (Wildman–Crippen LogP) is 4.30. The van der Waals surface area contributed by atoms with Crippen LogP contribution < -0.4 is 4.74 Å². The topological polar surface area (TPSA) is 81.6 Å². The zero-order valence-corrected chi connectivity index (χ0v) is 21.2. The van der Waals surface area contributed by atoms with Crippen molar-refractivity contribution >= 4 is 26.7 Å². The number of benzene rings is 1. The highest BCUT2D eigenvalue weighted by Crippen LogP contribution is 2.49. The molecule has 0 aliphatic rings. The molecule has 30 heavy (non-hydrogen) atoms. The number of hydrogen-bond donors (Lipinski definition) is 0. The molecule has 0 saturated carbocycles. The summed E-state index contributed by atoms with van der Waals surface area (Å²) >= 11 is 0. The lowest BCUT2D eigenvalue weighted by atomic mass is 10.2. The van der Waals surface area contributed by atoms with Crippen molar-refractivity contribution in [2.45, 2.75) is 51.7 Å². The second-order valence-corrected chi connectivity index (χ2v) is 13.7. The van der Waals surface area contributed by atoms with E-state index in [0.29, 0.717) is 5.69 Å². The molecular weight excluding hydrogens is 440 g/mol. The maximum absolute atomic E-state index is 13.6. The van der Waals surface area contributed by atoms with Crippen molar-refractivity contribution in [1.29, 1.82) is 0 Å². The van der Waals surface area contributed by atoms with Gasteiger partial charge in [-0.15, -0.1) is 0 Å². The highest BCUT2D eigenvalue weighted by Gasteiger charge is 2.38. The smallest absolute Gasteiger partial charge is 0.223 e. The van der Waals surface area contributed by atoms with Crippen LogP contribution in [0.15, 0.2) is 36.7 Å². The normalized spacial score (nSPS) is 15.2. The van der Waals surface area contributed by atoms with E-state index in [-0.39, 0.29) is 12.6 Å². The molecule has 2 unspecified atom stereocenters. The van der Waals surface area contributed by atoms with Crippen molar-refractivity contribution in [2.75, 3.05) is 13.8 Å². The number of aromatic nitrogens is 2. The lowest BCUT2D eigenvalue weighted by Crippen LogP contribution is -2.38. The van der Waals surface area contributed by atoms with E-state index in [0.717, 1.165) is 17.0 Å². The maximum Gasteiger partial charge on any atom is 0.223 e. The summed E-state index contributed by atoms with van der Waals surface area (Å²) in [5.74, 6) is 0.731. The lowest BCUT2D eigenvalue weighted by molar-refractivity contribution is 0.00338. The van der Waals surface area contributed by atoms with Crippen molar-refractivity contribution < 1.29 is 17.9 Å². The van der Waals surface area contributed by atoms with E-state index in [9.17, 15) is 8.42 Å². The molecule has 0 saturated heterocycles. The van der Waals surface area contributed by atoms with Gasteiger partial charge in [-0.1, -0.05) is 21.1 Å². The van der Waals surface area contributed by atoms with E-state index in [4.69, 9.17) is 9.47 Å². The summed E-state index contributed by atoms with van der Waals surface area (Å²) in [5, 5.41) is -0.833. The second-order valence-electron chi connectivity index (χ2n) is 7.34. The number of hydrogen-bond acceptors (Lipinski definition) is 6. The van der Waals surface area contributed by atoms with Crippen LogP contribution in [-0.4, -0.2) is 47.6 Å². The molecule has 0 aliphatic carbocycles. The molecule has 0 spiro atoms. The van der Waals surface area contributed by atoms with Gasteiger partial charge in [0.1, 0.15) is 17.1 Å². The molecule has 0 fully saturated rings. The first-order valence-electron chi connectivity index (χ1n) is 9.63. The Labute approximate surface area is 183 Å². The van der Waals surface area contributed by atoms with Gasteiger partial charge in [0.15, 0.2) is 0 Å². The van der Waals surface area contributed by atoms with Gasteiger partial charge in [0.25, 0.3) is 0 Å². The van der Waals surface area contributed by atoms with Gasteiger partial charge >= 0.3 is 0 Å². The Morgan fingerprint density at radius 3 is 2.23 bits per heavy atom. The Morgan fingerprint density at radius 2 is 1.77 bits per heavy atom. The molecule has 4 atom stereocenters. The fraction of sp³-hybridized carbons (Fsp3) is 0.500. The molecule has 10 heteroatoms. The van der Waals surface area contributed by atoms with Crippen LogP contribution in [0.1, 0.15) is 43.8 Å². The second kappa shape index (κ2) is 10.9. The van der Waals surface area contributed by atoms with Crippen LogP contribution in [0.4, 0.5) is 0 Å². The van der Waals surface area contributed by atoms with Crippen LogP contribution in [0.5, 0.6) is 5.75 Å². The number of ether oxygens (including phenoxy) is 2. The Kier molecular flexibility index (Phi) is 9.13. The number of nitrogens with zero attached hydrogens (tertiary/aromatic N) is 3. The summed E-state index contributed by atoms with van der Waals surface area (Å²) in [7, 11) is -0.459. The molecule has 0 radical (unpaired) electrons. The first-order valence-corrected chi connectivity index (χ1v) is 14.5. The van der Waals surface area contributed by atoms with Crippen LogP contribution in [0.2, 0.25) is 0 Å². The van der Waals surface area contributed by atoms with Gasteiger partial charge in [0.2, 0.25) is 10.0 Å². The molecular formula is C20H31N3O4P2S. The van der Waals surface area contributed by atoms with Crippen molar-refractivity contribution in [3.05, 3.63) is 53.6 Å². The minimum atomic E-state index is -3.70. The maximum atomic E-state index is 13.6. The largest absolute Gasteiger partial charge is 0.497 e. The molecule has 2 aromatic rings. The summed E-state index contributed by atoms with van der Waals surface area (Å²) in [5.41, 5.74) is 2.17. The van der Waals surface area contributed by atoms with Crippen molar-refractivity contribution in [3.63, 3.8) is 0 Å². The van der Waals surface area contributed by atoms with Crippen LogP contribution in [0.25, 0.3) is 0 Å². The SMILES string of the molecule is COc1ccc(CN(P(C)P)S(=O)(=O)[C@H](C)[C@H](OC(C)C)c2cnc(C)cn2)cc1. The standard InChI is InChI=1S/C20H31N3O4P2S/c1-14(2)27-20(19-12-21-15(3)11-22-19)16(4)30(24,25)23(29(6)28)13-17-7-9-18(26-5)10-8-17/h7-12,14,16,20H,13,28H2,1-6H3/t16-,20+,29?/m1/s1. The van der Waals surface area contributed by atoms with E-state index in [1.807, 2.05) is 51.7 Å². The third-order valence-electron chi connectivity index (χ3n) is 4.53. The molecule has 1 aromatic carbocycles. The van der Waals surface area contributed by atoms with Crippen LogP contribution in [0, 0.1) is 6.92 Å². The Balaban J connectivity index is 2.36. The number of aryl methyl sites for hydroxylation is 1. The highest BCUT2D eigenvalue weighted by molar-refractivity contribution is 8.16. The summed E-state index contributed by atoms with van der Waals surface area (Å²) in [6.45, 7) is 9.45. The summed E-state index contributed by atoms with van der Waals surface area (Å²) < 4.78 is 40.0. The van der Waals surface area contributed by atoms with Crippen LogP contribution in [-0.2, 0) is 21.3 Å². The summed E-state index contributed by atoms with van der Waals surface area (Å²) in [6, 6.07) is 7.42. The first kappa shape index (κ1) is 25.1. The third kappa shape index (κ3) is 6.41. The first-order chi connectivity index (χ1) is 14.1. The molecule has 1 heterocycles. The minimum Gasteiger partial charge on any atom is -0.497 e. The van der Waals surface area contributed by atoms with Crippen LogP contribution in [0.3, 0.4) is 0 Å². The fourth-order valence-electron chi connectivity index (χ4n) is 2.88. The van der Waals surface area contributed by atoms with E-state index in [1.165, 1.54) is 4.08 Å². The fourth-order valence-corrected chi connectivity index (χ4v) is 7.80. The number of sulfonamides is 1. The quantitative estimate of drug-likeness (QED) is 0.481. The average molecular weight is 472 g/mol. The van der Waals surface area contributed by atoms with E-state index in [2.05, 4.69) is 18.9 Å². The van der Waals surface area contributed by atoms with Gasteiger partial charge < -0.3 is 9.47 Å². The minimum absolute atomic E-state index is 0.162. The lowest BCUT2D eigenvalue weighted by Gasteiger charge is -2.32. The van der Waals surface area contributed by atoms with Gasteiger partial charge in [-0.05, 0) is 59.8 Å².